The Balaban J connectivity index is 1.93. The number of hydrogen-bond donors (Lipinski definition) is 2. The Hall–Kier alpha value is -3.60. The minimum atomic E-state index is -1.73. The van der Waals surface area contributed by atoms with E-state index in [2.05, 4.69) is 31.2 Å². The summed E-state index contributed by atoms with van der Waals surface area (Å²) in [6, 6.07) is 5.95. The molecule has 2 amide bonds. The SMILES string of the molecule is Cc1c(Cc2ccnc(N(C(=O)O)C(=O)OC(C)(C)C)c2F)cncc1Nc1ccc(Br)cc1F. The highest BCUT2D eigenvalue weighted by atomic mass is 79.9. The van der Waals surface area contributed by atoms with Gasteiger partial charge in [-0.2, -0.15) is 4.90 Å². The number of nitrogens with zero attached hydrogens (tertiary/aromatic N) is 3. The zero-order valence-electron chi connectivity index (χ0n) is 19.4. The third kappa shape index (κ3) is 6.30. The summed E-state index contributed by atoms with van der Waals surface area (Å²) < 4.78 is 35.3. The smallest absolute Gasteiger partial charge is 0.425 e. The van der Waals surface area contributed by atoms with Gasteiger partial charge in [0.05, 0.1) is 17.6 Å². The second-order valence-corrected chi connectivity index (χ2v) is 9.52. The standard InChI is InChI=1S/C24H23BrF2N4O4/c1-13-15(11-28-12-19(13)30-18-6-5-16(25)10-17(18)26)9-14-7-8-29-21(20(14)27)31(22(32)33)23(34)35-24(2,3)4/h5-8,10-12,30H,9H2,1-4H3,(H,32,33). The number of hydrogen-bond acceptors (Lipinski definition) is 6. The van der Waals surface area contributed by atoms with E-state index in [0.717, 1.165) is 0 Å². The molecule has 0 bridgehead atoms. The molecule has 35 heavy (non-hydrogen) atoms. The first-order chi connectivity index (χ1) is 16.4. The van der Waals surface area contributed by atoms with Gasteiger partial charge >= 0.3 is 12.2 Å². The molecule has 0 unspecified atom stereocenters. The van der Waals surface area contributed by atoms with Crippen LogP contribution in [0.1, 0.15) is 37.5 Å². The molecule has 0 atom stereocenters. The molecule has 0 aliphatic carbocycles. The van der Waals surface area contributed by atoms with Crippen LogP contribution in [0.5, 0.6) is 0 Å². The zero-order chi connectivity index (χ0) is 25.9. The molecule has 2 heterocycles. The van der Waals surface area contributed by atoms with Crippen LogP contribution < -0.4 is 10.2 Å². The van der Waals surface area contributed by atoms with Crippen LogP contribution >= 0.6 is 15.9 Å². The fourth-order valence-corrected chi connectivity index (χ4v) is 3.47. The third-order valence-electron chi connectivity index (χ3n) is 4.83. The van der Waals surface area contributed by atoms with Crippen molar-refractivity contribution in [2.24, 2.45) is 0 Å². The van der Waals surface area contributed by atoms with Crippen LogP contribution in [0, 0.1) is 18.6 Å². The van der Waals surface area contributed by atoms with E-state index in [9.17, 15) is 19.1 Å². The predicted molar refractivity (Wildman–Crippen MR) is 130 cm³/mol. The molecule has 3 rings (SSSR count). The van der Waals surface area contributed by atoms with Gasteiger partial charge in [0.15, 0.2) is 11.6 Å². The van der Waals surface area contributed by atoms with Crippen molar-refractivity contribution < 1.29 is 28.2 Å². The summed E-state index contributed by atoms with van der Waals surface area (Å²) in [5.74, 6) is -2.15. The maximum atomic E-state index is 15.4. The lowest BCUT2D eigenvalue weighted by molar-refractivity contribution is 0.0579. The van der Waals surface area contributed by atoms with E-state index in [0.29, 0.717) is 21.3 Å². The maximum Gasteiger partial charge on any atom is 0.425 e. The van der Waals surface area contributed by atoms with E-state index in [1.807, 2.05) is 0 Å². The second kappa shape index (κ2) is 10.3. The van der Waals surface area contributed by atoms with Crippen molar-refractivity contribution in [3.05, 3.63) is 75.7 Å². The molecule has 8 nitrogen and oxygen atoms in total. The number of carbonyl (C=O) groups is 2. The van der Waals surface area contributed by atoms with Gasteiger partial charge in [-0.15, -0.1) is 0 Å². The Morgan fingerprint density at radius 2 is 1.86 bits per heavy atom. The van der Waals surface area contributed by atoms with E-state index in [1.165, 1.54) is 30.7 Å². The fraction of sp³-hybridized carbons (Fsp3) is 0.250. The number of benzene rings is 1. The van der Waals surface area contributed by atoms with Crippen LogP contribution in [-0.2, 0) is 11.2 Å². The van der Waals surface area contributed by atoms with Crippen LogP contribution in [-0.4, -0.2) is 32.9 Å². The van der Waals surface area contributed by atoms with Gasteiger partial charge in [0.2, 0.25) is 0 Å². The molecule has 0 radical (unpaired) electrons. The lowest BCUT2D eigenvalue weighted by Gasteiger charge is -2.24. The van der Waals surface area contributed by atoms with Crippen molar-refractivity contribution >= 4 is 45.3 Å². The summed E-state index contributed by atoms with van der Waals surface area (Å²) in [6.07, 6.45) is 1.26. The highest BCUT2D eigenvalue weighted by molar-refractivity contribution is 9.10. The van der Waals surface area contributed by atoms with Gasteiger partial charge in [0.1, 0.15) is 11.4 Å². The molecular weight excluding hydrogens is 526 g/mol. The first-order valence-corrected chi connectivity index (χ1v) is 11.2. The van der Waals surface area contributed by atoms with Crippen molar-refractivity contribution in [3.63, 3.8) is 0 Å². The molecule has 11 heteroatoms. The van der Waals surface area contributed by atoms with Crippen LogP contribution in [0.2, 0.25) is 0 Å². The van der Waals surface area contributed by atoms with Gasteiger partial charge in [-0.25, -0.2) is 23.4 Å². The summed E-state index contributed by atoms with van der Waals surface area (Å²) in [5, 5.41) is 12.5. The largest absolute Gasteiger partial charge is 0.464 e. The highest BCUT2D eigenvalue weighted by Gasteiger charge is 2.32. The quantitative estimate of drug-likeness (QED) is 0.371. The van der Waals surface area contributed by atoms with Gasteiger partial charge in [-0.3, -0.25) is 4.98 Å². The van der Waals surface area contributed by atoms with E-state index >= 15 is 4.39 Å². The molecule has 3 aromatic rings. The molecule has 0 spiro atoms. The van der Waals surface area contributed by atoms with Crippen LogP contribution in [0.4, 0.5) is 35.6 Å². The minimum Gasteiger partial charge on any atom is -0.464 e. The van der Waals surface area contributed by atoms with E-state index in [-0.39, 0.29) is 22.6 Å². The number of carboxylic acid groups (broad SMARTS) is 1. The first-order valence-electron chi connectivity index (χ1n) is 10.4. The van der Waals surface area contributed by atoms with E-state index < -0.39 is 35.2 Å². The fourth-order valence-electron chi connectivity index (χ4n) is 3.14. The molecule has 2 aromatic heterocycles. The Morgan fingerprint density at radius 3 is 2.49 bits per heavy atom. The van der Waals surface area contributed by atoms with Gasteiger partial charge in [-0.05, 0) is 68.7 Å². The first kappa shape index (κ1) is 26.0. The van der Waals surface area contributed by atoms with Gasteiger partial charge in [0.25, 0.3) is 0 Å². The van der Waals surface area contributed by atoms with Crippen LogP contribution in [0.15, 0.2) is 47.3 Å². The Kier molecular flexibility index (Phi) is 7.69. The summed E-state index contributed by atoms with van der Waals surface area (Å²) in [7, 11) is 0. The number of rotatable bonds is 5. The van der Waals surface area contributed by atoms with Gasteiger partial charge in [0, 0.05) is 23.3 Å². The number of carbonyl (C=O) groups excluding carboxylic acids is 1. The van der Waals surface area contributed by atoms with Gasteiger partial charge < -0.3 is 15.2 Å². The van der Waals surface area contributed by atoms with Crippen molar-refractivity contribution in [3.8, 4) is 0 Å². The molecule has 2 N–H and O–H groups in total. The van der Waals surface area contributed by atoms with E-state index in [4.69, 9.17) is 4.74 Å². The molecule has 0 fully saturated rings. The monoisotopic (exact) mass is 548 g/mol. The number of amides is 2. The third-order valence-corrected chi connectivity index (χ3v) is 5.32. The van der Waals surface area contributed by atoms with E-state index in [1.54, 1.807) is 39.8 Å². The highest BCUT2D eigenvalue weighted by Crippen LogP contribution is 2.29. The van der Waals surface area contributed by atoms with Crippen molar-refractivity contribution in [1.29, 1.82) is 0 Å². The van der Waals surface area contributed by atoms with Crippen LogP contribution in [0.25, 0.3) is 0 Å². The predicted octanol–water partition coefficient (Wildman–Crippen LogP) is 6.58. The van der Waals surface area contributed by atoms with Crippen molar-refractivity contribution in [2.45, 2.75) is 39.7 Å². The summed E-state index contributed by atoms with van der Waals surface area (Å²) >= 11 is 3.21. The summed E-state index contributed by atoms with van der Waals surface area (Å²) in [4.78, 5) is 32.2. The normalized spacial score (nSPS) is 11.2. The maximum absolute atomic E-state index is 15.4. The van der Waals surface area contributed by atoms with Crippen molar-refractivity contribution in [2.75, 3.05) is 10.2 Å². The Labute approximate surface area is 209 Å². The summed E-state index contributed by atoms with van der Waals surface area (Å²) in [5.41, 5.74) is 1.12. The number of aromatic nitrogens is 2. The second-order valence-electron chi connectivity index (χ2n) is 8.60. The summed E-state index contributed by atoms with van der Waals surface area (Å²) in [6.45, 7) is 6.44. The van der Waals surface area contributed by atoms with Crippen molar-refractivity contribution in [1.82, 2.24) is 9.97 Å². The van der Waals surface area contributed by atoms with Gasteiger partial charge in [-0.1, -0.05) is 15.9 Å². The molecule has 1 aromatic carbocycles. The average molecular weight is 549 g/mol. The topological polar surface area (TPSA) is 105 Å². The molecule has 0 saturated heterocycles. The average Bonchev–Trinajstić information content (AvgIpc) is 2.74. The Morgan fingerprint density at radius 1 is 1.14 bits per heavy atom. The van der Waals surface area contributed by atoms with Crippen LogP contribution in [0.3, 0.4) is 0 Å². The molecule has 0 saturated carbocycles. The number of anilines is 3. The number of ether oxygens (including phenoxy) is 1. The minimum absolute atomic E-state index is 0.0142. The molecular formula is C24H23BrF2N4O4. The number of imide groups is 1. The number of nitrogens with one attached hydrogen (secondary N) is 1. The number of halogens is 3. The Bertz CT molecular complexity index is 1280. The molecule has 184 valence electrons. The zero-order valence-corrected chi connectivity index (χ0v) is 21.0. The lowest BCUT2D eigenvalue weighted by Crippen LogP contribution is -2.41. The lowest BCUT2D eigenvalue weighted by atomic mass is 10.0. The molecule has 0 aliphatic rings. The number of pyridine rings is 2. The molecule has 0 aliphatic heterocycles.